The molecule has 0 aliphatic heterocycles. The first-order valence-electron chi connectivity index (χ1n) is 7.16. The number of hydrogen-bond donors (Lipinski definition) is 2. The fourth-order valence-electron chi connectivity index (χ4n) is 0.980. The molecule has 0 aromatic heterocycles. The van der Waals surface area contributed by atoms with Crippen molar-refractivity contribution in [1.82, 2.24) is 10.6 Å². The first kappa shape index (κ1) is 19.9. The molecule has 0 spiro atoms. The van der Waals surface area contributed by atoms with Crippen LogP contribution in [0.15, 0.2) is 0 Å². The molecule has 0 radical (unpaired) electrons. The quantitative estimate of drug-likeness (QED) is 0.738. The Kier molecular flexibility index (Phi) is 12.9. The van der Waals surface area contributed by atoms with E-state index < -0.39 is 0 Å². The molecule has 0 amide bonds. The van der Waals surface area contributed by atoms with Crippen LogP contribution in [-0.2, 0) is 4.79 Å². The minimum Gasteiger partial charge on any atom is -0.314 e. The highest BCUT2D eigenvalue weighted by Gasteiger charge is 2.06. The molecule has 0 unspecified atom stereocenters. The fourth-order valence-corrected chi connectivity index (χ4v) is 0.980. The van der Waals surface area contributed by atoms with Gasteiger partial charge in [0, 0.05) is 18.0 Å². The molecule has 18 heavy (non-hydrogen) atoms. The van der Waals surface area contributed by atoms with Gasteiger partial charge in [-0.1, -0.05) is 55.4 Å². The Bertz CT molecular complexity index is 191. The summed E-state index contributed by atoms with van der Waals surface area (Å²) in [6.45, 7) is 18.3. The second-order valence-electron chi connectivity index (χ2n) is 6.11. The summed E-state index contributed by atoms with van der Waals surface area (Å²) in [7, 11) is 0. The molecule has 0 fully saturated rings. The molecule has 0 aromatic rings. The number of ketones is 1. The summed E-state index contributed by atoms with van der Waals surface area (Å²) in [6.07, 6.45) is 0. The van der Waals surface area contributed by atoms with E-state index in [-0.39, 0.29) is 11.7 Å². The normalized spacial score (nSPS) is 11.1. The van der Waals surface area contributed by atoms with Crippen LogP contribution in [0.3, 0.4) is 0 Å². The van der Waals surface area contributed by atoms with Gasteiger partial charge in [0.25, 0.3) is 0 Å². The molecule has 0 saturated carbocycles. The first-order valence-corrected chi connectivity index (χ1v) is 7.16. The third-order valence-corrected chi connectivity index (χ3v) is 2.26. The van der Waals surface area contributed by atoms with Crippen molar-refractivity contribution in [3.05, 3.63) is 0 Å². The Hall–Kier alpha value is -0.410. The molecule has 0 rings (SSSR count). The number of nitrogens with one attached hydrogen (secondary N) is 2. The molecular formula is C15H34N2O. The van der Waals surface area contributed by atoms with E-state index in [0.29, 0.717) is 18.6 Å². The Labute approximate surface area is 114 Å². The molecule has 110 valence electrons. The van der Waals surface area contributed by atoms with E-state index in [9.17, 15) is 4.79 Å². The number of carbonyl (C=O) groups excluding carboxylic acids is 1. The van der Waals surface area contributed by atoms with Gasteiger partial charge in [-0.2, -0.15) is 0 Å². The summed E-state index contributed by atoms with van der Waals surface area (Å²) in [5, 5.41) is 6.42. The highest BCUT2D eigenvalue weighted by molar-refractivity contribution is 5.82. The summed E-state index contributed by atoms with van der Waals surface area (Å²) >= 11 is 0. The fraction of sp³-hybridized carbons (Fsp3) is 0.933. The Morgan fingerprint density at radius 3 is 1.50 bits per heavy atom. The SMILES string of the molecule is CC(C)CNC(C)C.CC(C)NCC(=O)C(C)C. The van der Waals surface area contributed by atoms with Gasteiger partial charge in [-0.15, -0.1) is 0 Å². The highest BCUT2D eigenvalue weighted by Crippen LogP contribution is 1.92. The lowest BCUT2D eigenvalue weighted by molar-refractivity contribution is -0.121. The standard InChI is InChI=1S/C8H17NO.C7H17N/c1-6(2)8(10)5-9-7(3)4;1-6(2)5-8-7(3)4/h6-7,9H,5H2,1-4H3;6-8H,5H2,1-4H3. The van der Waals surface area contributed by atoms with Gasteiger partial charge >= 0.3 is 0 Å². The minimum absolute atomic E-state index is 0.159. The zero-order valence-corrected chi connectivity index (χ0v) is 13.6. The Morgan fingerprint density at radius 1 is 0.833 bits per heavy atom. The number of rotatable bonds is 7. The highest BCUT2D eigenvalue weighted by atomic mass is 16.1. The van der Waals surface area contributed by atoms with E-state index in [1.54, 1.807) is 0 Å². The minimum atomic E-state index is 0.159. The molecule has 0 heterocycles. The van der Waals surface area contributed by atoms with Gasteiger partial charge in [0.15, 0.2) is 0 Å². The van der Waals surface area contributed by atoms with E-state index in [1.165, 1.54) is 0 Å². The van der Waals surface area contributed by atoms with Crippen LogP contribution in [0, 0.1) is 11.8 Å². The van der Waals surface area contributed by atoms with Gasteiger partial charge in [-0.25, -0.2) is 0 Å². The smallest absolute Gasteiger partial charge is 0.149 e. The average Bonchev–Trinajstić information content (AvgIpc) is 2.23. The third kappa shape index (κ3) is 18.0. The first-order chi connectivity index (χ1) is 8.16. The summed E-state index contributed by atoms with van der Waals surface area (Å²) in [4.78, 5) is 11.0. The second kappa shape index (κ2) is 11.7. The van der Waals surface area contributed by atoms with Gasteiger partial charge in [-0.3, -0.25) is 4.79 Å². The van der Waals surface area contributed by atoms with Gasteiger partial charge in [0.1, 0.15) is 5.78 Å². The van der Waals surface area contributed by atoms with Crippen LogP contribution >= 0.6 is 0 Å². The van der Waals surface area contributed by atoms with Crippen molar-refractivity contribution in [2.24, 2.45) is 11.8 Å². The number of Topliss-reactive ketones (excluding diaryl/α,β-unsaturated/α-hetero) is 1. The van der Waals surface area contributed by atoms with Gasteiger partial charge < -0.3 is 10.6 Å². The van der Waals surface area contributed by atoms with E-state index >= 15 is 0 Å². The largest absolute Gasteiger partial charge is 0.314 e. The van der Waals surface area contributed by atoms with Crippen LogP contribution in [0.1, 0.15) is 55.4 Å². The van der Waals surface area contributed by atoms with Crippen molar-refractivity contribution >= 4 is 5.78 Å². The summed E-state index contributed by atoms with van der Waals surface area (Å²) in [5.74, 6) is 1.22. The molecule has 0 bridgehead atoms. The number of carbonyl (C=O) groups is 1. The maximum absolute atomic E-state index is 11.0. The summed E-state index contributed by atoms with van der Waals surface area (Å²) < 4.78 is 0. The van der Waals surface area contributed by atoms with Crippen molar-refractivity contribution in [3.8, 4) is 0 Å². The summed E-state index contributed by atoms with van der Waals surface area (Å²) in [5.41, 5.74) is 0. The molecule has 3 heteroatoms. The molecule has 3 nitrogen and oxygen atoms in total. The van der Waals surface area contributed by atoms with Crippen LogP contribution in [0.2, 0.25) is 0 Å². The summed E-state index contributed by atoms with van der Waals surface area (Å²) in [6, 6.07) is 1.04. The number of hydrogen-bond acceptors (Lipinski definition) is 3. The predicted molar refractivity (Wildman–Crippen MR) is 81.0 cm³/mol. The molecule has 0 aliphatic carbocycles. The maximum Gasteiger partial charge on any atom is 0.149 e. The lowest BCUT2D eigenvalue weighted by atomic mass is 10.1. The van der Waals surface area contributed by atoms with E-state index in [4.69, 9.17) is 0 Å². The second-order valence-corrected chi connectivity index (χ2v) is 6.11. The van der Waals surface area contributed by atoms with Crippen LogP contribution in [0.5, 0.6) is 0 Å². The Balaban J connectivity index is 0. The van der Waals surface area contributed by atoms with Gasteiger partial charge in [-0.05, 0) is 12.5 Å². The van der Waals surface area contributed by atoms with E-state index in [2.05, 4.69) is 38.3 Å². The van der Waals surface area contributed by atoms with Crippen molar-refractivity contribution < 1.29 is 4.79 Å². The molecule has 0 aromatic carbocycles. The monoisotopic (exact) mass is 258 g/mol. The maximum atomic E-state index is 11.0. The third-order valence-electron chi connectivity index (χ3n) is 2.26. The van der Waals surface area contributed by atoms with Crippen LogP contribution in [0.25, 0.3) is 0 Å². The predicted octanol–water partition coefficient (Wildman–Crippen LogP) is 2.85. The molecule has 0 saturated heterocycles. The Morgan fingerprint density at radius 2 is 1.28 bits per heavy atom. The van der Waals surface area contributed by atoms with Crippen molar-refractivity contribution in [2.75, 3.05) is 13.1 Å². The zero-order chi connectivity index (χ0) is 14.7. The molecule has 2 N–H and O–H groups in total. The van der Waals surface area contributed by atoms with Crippen LogP contribution in [-0.4, -0.2) is 31.0 Å². The van der Waals surface area contributed by atoms with Crippen molar-refractivity contribution in [1.29, 1.82) is 0 Å². The molecule has 0 atom stereocenters. The molecular weight excluding hydrogens is 224 g/mol. The lowest BCUT2D eigenvalue weighted by Gasteiger charge is -2.09. The topological polar surface area (TPSA) is 41.1 Å². The van der Waals surface area contributed by atoms with E-state index in [0.717, 1.165) is 12.5 Å². The van der Waals surface area contributed by atoms with Crippen molar-refractivity contribution in [3.63, 3.8) is 0 Å². The van der Waals surface area contributed by atoms with Crippen molar-refractivity contribution in [2.45, 2.75) is 67.5 Å². The van der Waals surface area contributed by atoms with Gasteiger partial charge in [0.2, 0.25) is 0 Å². The van der Waals surface area contributed by atoms with Gasteiger partial charge in [0.05, 0.1) is 6.54 Å². The van der Waals surface area contributed by atoms with Crippen LogP contribution in [0.4, 0.5) is 0 Å². The van der Waals surface area contributed by atoms with E-state index in [1.807, 2.05) is 27.7 Å². The van der Waals surface area contributed by atoms with Crippen LogP contribution < -0.4 is 10.6 Å². The zero-order valence-electron chi connectivity index (χ0n) is 13.6. The lowest BCUT2D eigenvalue weighted by Crippen LogP contribution is -2.31. The average molecular weight is 258 g/mol. The molecule has 0 aliphatic rings.